The molecule has 130 valence electrons. The standard InChI is InChI=1S/C17H24N4O3/c1-11(22)12-6-8-21(9-7-12)16(23)18-13-4-5-15-14(10-13)19-17(24-15)20(2)3/h4-5,10-12,22H,6-9H2,1-3H3,(H,18,23). The average molecular weight is 332 g/mol. The van der Waals surface area contributed by atoms with Crippen LogP contribution >= 0.6 is 0 Å². The highest BCUT2D eigenvalue weighted by molar-refractivity contribution is 5.91. The maximum atomic E-state index is 12.4. The van der Waals surface area contributed by atoms with Gasteiger partial charge in [-0.1, -0.05) is 0 Å². The lowest BCUT2D eigenvalue weighted by atomic mass is 9.92. The topological polar surface area (TPSA) is 81.8 Å². The van der Waals surface area contributed by atoms with Crippen LogP contribution in [0.2, 0.25) is 0 Å². The lowest BCUT2D eigenvalue weighted by Crippen LogP contribution is -2.42. The number of rotatable bonds is 3. The minimum atomic E-state index is -0.310. The van der Waals surface area contributed by atoms with E-state index in [1.54, 1.807) is 9.80 Å². The van der Waals surface area contributed by atoms with Crippen molar-refractivity contribution >= 4 is 28.8 Å². The van der Waals surface area contributed by atoms with Crippen LogP contribution in [0.25, 0.3) is 11.1 Å². The van der Waals surface area contributed by atoms with Crippen LogP contribution < -0.4 is 10.2 Å². The van der Waals surface area contributed by atoms with Gasteiger partial charge >= 0.3 is 6.03 Å². The number of anilines is 2. The van der Waals surface area contributed by atoms with Crippen molar-refractivity contribution in [2.75, 3.05) is 37.4 Å². The van der Waals surface area contributed by atoms with Crippen LogP contribution in [0.3, 0.4) is 0 Å². The molecular weight excluding hydrogens is 308 g/mol. The van der Waals surface area contributed by atoms with E-state index in [9.17, 15) is 9.90 Å². The van der Waals surface area contributed by atoms with E-state index in [1.165, 1.54) is 0 Å². The number of hydrogen-bond acceptors (Lipinski definition) is 5. The number of aliphatic hydroxyl groups excluding tert-OH is 1. The Kier molecular flexibility index (Phi) is 4.62. The Morgan fingerprint density at radius 2 is 2.12 bits per heavy atom. The van der Waals surface area contributed by atoms with Gasteiger partial charge in [-0.05, 0) is 43.9 Å². The van der Waals surface area contributed by atoms with Crippen molar-refractivity contribution in [3.05, 3.63) is 18.2 Å². The molecule has 0 bridgehead atoms. The maximum absolute atomic E-state index is 12.4. The number of benzene rings is 1. The van der Waals surface area contributed by atoms with Crippen LogP contribution in [-0.2, 0) is 0 Å². The summed E-state index contributed by atoms with van der Waals surface area (Å²) in [5, 5.41) is 12.6. The fourth-order valence-electron chi connectivity index (χ4n) is 2.97. The number of carbonyl (C=O) groups is 1. The molecular formula is C17H24N4O3. The molecule has 7 nitrogen and oxygen atoms in total. The first-order valence-electron chi connectivity index (χ1n) is 8.26. The molecule has 3 rings (SSSR count). The summed E-state index contributed by atoms with van der Waals surface area (Å²) in [5.41, 5.74) is 2.10. The van der Waals surface area contributed by atoms with Crippen molar-refractivity contribution in [1.82, 2.24) is 9.88 Å². The molecule has 1 unspecified atom stereocenters. The van der Waals surface area contributed by atoms with E-state index in [-0.39, 0.29) is 18.1 Å². The molecule has 1 aliphatic rings. The Bertz CT molecular complexity index is 718. The average Bonchev–Trinajstić information content (AvgIpc) is 2.98. The van der Waals surface area contributed by atoms with Gasteiger partial charge in [0.2, 0.25) is 0 Å². The van der Waals surface area contributed by atoms with Crippen molar-refractivity contribution in [2.24, 2.45) is 5.92 Å². The second kappa shape index (κ2) is 6.68. The first-order valence-corrected chi connectivity index (χ1v) is 8.26. The smallest absolute Gasteiger partial charge is 0.321 e. The van der Waals surface area contributed by atoms with Crippen LogP contribution in [-0.4, -0.2) is 54.3 Å². The molecule has 24 heavy (non-hydrogen) atoms. The van der Waals surface area contributed by atoms with Crippen molar-refractivity contribution in [3.8, 4) is 0 Å². The SMILES string of the molecule is CC(O)C1CCN(C(=O)Nc2ccc3oc(N(C)C)nc3c2)CC1. The molecule has 1 atom stereocenters. The summed E-state index contributed by atoms with van der Waals surface area (Å²) in [6.45, 7) is 3.15. The molecule has 1 aromatic heterocycles. The third kappa shape index (κ3) is 3.46. The second-order valence-corrected chi connectivity index (χ2v) is 6.57. The number of piperidine rings is 1. The first-order chi connectivity index (χ1) is 11.4. The predicted molar refractivity (Wildman–Crippen MR) is 93.3 cm³/mol. The van der Waals surface area contributed by atoms with Crippen molar-refractivity contribution in [2.45, 2.75) is 25.9 Å². The van der Waals surface area contributed by atoms with Gasteiger partial charge in [0.05, 0.1) is 6.10 Å². The number of carbonyl (C=O) groups excluding carboxylic acids is 1. The normalized spacial score (nSPS) is 17.1. The summed E-state index contributed by atoms with van der Waals surface area (Å²) in [6, 6.07) is 5.85. The summed E-state index contributed by atoms with van der Waals surface area (Å²) in [7, 11) is 3.73. The molecule has 2 aromatic rings. The highest BCUT2D eigenvalue weighted by Crippen LogP contribution is 2.25. The highest BCUT2D eigenvalue weighted by Gasteiger charge is 2.25. The van der Waals surface area contributed by atoms with Gasteiger partial charge in [0, 0.05) is 32.9 Å². The predicted octanol–water partition coefficient (Wildman–Crippen LogP) is 2.52. The minimum absolute atomic E-state index is 0.116. The Morgan fingerprint density at radius 1 is 1.42 bits per heavy atom. The number of aliphatic hydroxyl groups is 1. The largest absolute Gasteiger partial charge is 0.423 e. The van der Waals surface area contributed by atoms with Gasteiger partial charge < -0.3 is 24.6 Å². The van der Waals surface area contributed by atoms with E-state index >= 15 is 0 Å². The van der Waals surface area contributed by atoms with E-state index in [1.807, 2.05) is 39.2 Å². The molecule has 1 fully saturated rings. The lowest BCUT2D eigenvalue weighted by molar-refractivity contribution is 0.0820. The summed E-state index contributed by atoms with van der Waals surface area (Å²) >= 11 is 0. The van der Waals surface area contributed by atoms with Gasteiger partial charge in [-0.25, -0.2) is 4.79 Å². The Balaban J connectivity index is 1.65. The van der Waals surface area contributed by atoms with Gasteiger partial charge in [0.25, 0.3) is 6.01 Å². The zero-order valence-corrected chi connectivity index (χ0v) is 14.3. The molecule has 2 amide bonds. The number of fused-ring (bicyclic) bond motifs is 1. The van der Waals surface area contributed by atoms with Crippen molar-refractivity contribution in [1.29, 1.82) is 0 Å². The third-order valence-corrected chi connectivity index (χ3v) is 4.52. The molecule has 2 heterocycles. The number of hydrogen-bond donors (Lipinski definition) is 2. The zero-order chi connectivity index (χ0) is 17.3. The van der Waals surface area contributed by atoms with Crippen LogP contribution in [0.5, 0.6) is 0 Å². The molecule has 1 saturated heterocycles. The summed E-state index contributed by atoms with van der Waals surface area (Å²) < 4.78 is 5.61. The summed E-state index contributed by atoms with van der Waals surface area (Å²) in [5.74, 6) is 0.282. The fraction of sp³-hybridized carbons (Fsp3) is 0.529. The zero-order valence-electron chi connectivity index (χ0n) is 14.3. The number of urea groups is 1. The number of aromatic nitrogens is 1. The number of oxazole rings is 1. The number of amides is 2. The van der Waals surface area contributed by atoms with Crippen LogP contribution in [0, 0.1) is 5.92 Å². The van der Waals surface area contributed by atoms with E-state index in [4.69, 9.17) is 4.42 Å². The lowest BCUT2D eigenvalue weighted by Gasteiger charge is -2.33. The van der Waals surface area contributed by atoms with Crippen LogP contribution in [0.4, 0.5) is 16.5 Å². The Labute approximate surface area is 141 Å². The monoisotopic (exact) mass is 332 g/mol. The van der Waals surface area contributed by atoms with Gasteiger partial charge in [-0.3, -0.25) is 0 Å². The maximum Gasteiger partial charge on any atom is 0.321 e. The molecule has 1 aromatic carbocycles. The van der Waals surface area contributed by atoms with E-state index < -0.39 is 0 Å². The van der Waals surface area contributed by atoms with E-state index in [2.05, 4.69) is 10.3 Å². The van der Waals surface area contributed by atoms with Crippen LogP contribution in [0.15, 0.2) is 22.6 Å². The Hall–Kier alpha value is -2.28. The molecule has 0 radical (unpaired) electrons. The third-order valence-electron chi connectivity index (χ3n) is 4.52. The molecule has 0 saturated carbocycles. The number of nitrogens with zero attached hydrogens (tertiary/aromatic N) is 3. The number of likely N-dealkylation sites (tertiary alicyclic amines) is 1. The summed E-state index contributed by atoms with van der Waals surface area (Å²) in [4.78, 5) is 20.4. The quantitative estimate of drug-likeness (QED) is 0.902. The van der Waals surface area contributed by atoms with Gasteiger partial charge in [-0.15, -0.1) is 0 Å². The molecule has 7 heteroatoms. The number of nitrogens with one attached hydrogen (secondary N) is 1. The molecule has 0 aliphatic carbocycles. The first kappa shape index (κ1) is 16.6. The van der Waals surface area contributed by atoms with Crippen LogP contribution in [0.1, 0.15) is 19.8 Å². The molecule has 2 N–H and O–H groups in total. The van der Waals surface area contributed by atoms with Crippen molar-refractivity contribution in [3.63, 3.8) is 0 Å². The Morgan fingerprint density at radius 3 is 2.75 bits per heavy atom. The highest BCUT2D eigenvalue weighted by atomic mass is 16.4. The minimum Gasteiger partial charge on any atom is -0.423 e. The molecule has 1 aliphatic heterocycles. The van der Waals surface area contributed by atoms with Crippen molar-refractivity contribution < 1.29 is 14.3 Å². The van der Waals surface area contributed by atoms with Gasteiger partial charge in [-0.2, -0.15) is 4.98 Å². The van der Waals surface area contributed by atoms with E-state index in [0.717, 1.165) is 12.8 Å². The molecule has 0 spiro atoms. The van der Waals surface area contributed by atoms with Gasteiger partial charge in [0.1, 0.15) is 5.52 Å². The van der Waals surface area contributed by atoms with Gasteiger partial charge in [0.15, 0.2) is 5.58 Å². The second-order valence-electron chi connectivity index (χ2n) is 6.57. The fourth-order valence-corrected chi connectivity index (χ4v) is 2.97. The summed E-state index contributed by atoms with van der Waals surface area (Å²) in [6.07, 6.45) is 1.36. The van der Waals surface area contributed by atoms with E-state index in [0.29, 0.717) is 35.9 Å².